The summed E-state index contributed by atoms with van der Waals surface area (Å²) in [5.74, 6) is 0.406. The number of carbonyl (C=O) groups is 2. The summed E-state index contributed by atoms with van der Waals surface area (Å²) in [6.07, 6.45) is 2.38. The molecule has 7 heteroatoms. The van der Waals surface area contributed by atoms with E-state index in [1.807, 2.05) is 29.2 Å². The normalized spacial score (nSPS) is 16.0. The summed E-state index contributed by atoms with van der Waals surface area (Å²) >= 11 is 0. The van der Waals surface area contributed by atoms with E-state index in [2.05, 4.69) is 19.2 Å². The van der Waals surface area contributed by atoms with Crippen LogP contribution in [0.15, 0.2) is 48.5 Å². The Bertz CT molecular complexity index is 963. The standard InChI is InChI=1S/C25H31N3O4/c1-17(2)16-19-8-10-20(11-9-19)24(29)21-12-14-27(15-13-21)18(3)25(30)26-22-6-4-5-7-23(22)28(31)32/h4-11,17-18,21H,12-16H2,1-3H3,(H,26,30). The van der Waals surface area contributed by atoms with Crippen molar-refractivity contribution in [1.82, 2.24) is 4.90 Å². The second kappa shape index (κ2) is 10.5. The molecule has 7 nitrogen and oxygen atoms in total. The van der Waals surface area contributed by atoms with Crippen molar-refractivity contribution in [3.63, 3.8) is 0 Å². The maximum absolute atomic E-state index is 12.9. The van der Waals surface area contributed by atoms with Crippen LogP contribution in [-0.2, 0) is 11.2 Å². The molecule has 0 spiro atoms. The van der Waals surface area contributed by atoms with Gasteiger partial charge in [-0.2, -0.15) is 0 Å². The number of para-hydroxylation sites is 2. The number of likely N-dealkylation sites (tertiary alicyclic amines) is 1. The fourth-order valence-electron chi connectivity index (χ4n) is 4.20. The van der Waals surface area contributed by atoms with Gasteiger partial charge in [-0.1, -0.05) is 50.2 Å². The Balaban J connectivity index is 1.55. The van der Waals surface area contributed by atoms with Crippen LogP contribution in [0.1, 0.15) is 49.5 Å². The molecule has 1 aliphatic rings. The van der Waals surface area contributed by atoms with Crippen molar-refractivity contribution in [3.05, 3.63) is 69.8 Å². The van der Waals surface area contributed by atoms with Gasteiger partial charge in [0.25, 0.3) is 5.69 Å². The Morgan fingerprint density at radius 2 is 1.69 bits per heavy atom. The smallest absolute Gasteiger partial charge is 0.292 e. The molecule has 1 fully saturated rings. The van der Waals surface area contributed by atoms with Crippen molar-refractivity contribution in [1.29, 1.82) is 0 Å². The van der Waals surface area contributed by atoms with Crippen molar-refractivity contribution in [3.8, 4) is 0 Å². The molecule has 0 bridgehead atoms. The molecule has 0 aromatic heterocycles. The fourth-order valence-corrected chi connectivity index (χ4v) is 4.20. The molecule has 3 rings (SSSR count). The molecule has 2 aromatic carbocycles. The van der Waals surface area contributed by atoms with E-state index in [0.29, 0.717) is 31.8 Å². The second-order valence-electron chi connectivity index (χ2n) is 8.91. The van der Waals surface area contributed by atoms with Gasteiger partial charge in [0.1, 0.15) is 5.69 Å². The van der Waals surface area contributed by atoms with Crippen LogP contribution in [0, 0.1) is 22.0 Å². The van der Waals surface area contributed by atoms with E-state index < -0.39 is 11.0 Å². The highest BCUT2D eigenvalue weighted by molar-refractivity contribution is 5.98. The average molecular weight is 438 g/mol. The Kier molecular flexibility index (Phi) is 7.75. The fraction of sp³-hybridized carbons (Fsp3) is 0.440. The van der Waals surface area contributed by atoms with Gasteiger partial charge in [-0.25, -0.2) is 0 Å². The number of Topliss-reactive ketones (excluding diaryl/α,β-unsaturated/α-hetero) is 1. The minimum Gasteiger partial charge on any atom is -0.319 e. The summed E-state index contributed by atoms with van der Waals surface area (Å²) in [7, 11) is 0. The number of benzene rings is 2. The van der Waals surface area contributed by atoms with Crippen LogP contribution in [-0.4, -0.2) is 40.6 Å². The van der Waals surface area contributed by atoms with Crippen LogP contribution in [0.3, 0.4) is 0 Å². The molecule has 32 heavy (non-hydrogen) atoms. The van der Waals surface area contributed by atoms with E-state index in [0.717, 1.165) is 12.0 Å². The maximum Gasteiger partial charge on any atom is 0.292 e. The van der Waals surface area contributed by atoms with Crippen LogP contribution in [0.5, 0.6) is 0 Å². The number of hydrogen-bond donors (Lipinski definition) is 1. The number of hydrogen-bond acceptors (Lipinski definition) is 5. The van der Waals surface area contributed by atoms with E-state index in [1.165, 1.54) is 17.7 Å². The molecule has 1 amide bonds. The number of rotatable bonds is 8. The highest BCUT2D eigenvalue weighted by atomic mass is 16.6. The van der Waals surface area contributed by atoms with E-state index in [9.17, 15) is 19.7 Å². The van der Waals surface area contributed by atoms with Gasteiger partial charge in [0.2, 0.25) is 5.91 Å². The lowest BCUT2D eigenvalue weighted by molar-refractivity contribution is -0.383. The molecule has 1 unspecified atom stereocenters. The highest BCUT2D eigenvalue weighted by Gasteiger charge is 2.30. The highest BCUT2D eigenvalue weighted by Crippen LogP contribution is 2.26. The Labute approximate surface area is 189 Å². The summed E-state index contributed by atoms with van der Waals surface area (Å²) in [5, 5.41) is 13.8. The number of nitro benzene ring substituents is 1. The number of nitro groups is 1. The first-order valence-corrected chi connectivity index (χ1v) is 11.2. The zero-order chi connectivity index (χ0) is 23.3. The van der Waals surface area contributed by atoms with Gasteiger partial charge >= 0.3 is 0 Å². The Hall–Kier alpha value is -3.06. The number of piperidine rings is 1. The molecule has 0 aliphatic carbocycles. The van der Waals surface area contributed by atoms with E-state index >= 15 is 0 Å². The molecular formula is C25H31N3O4. The largest absolute Gasteiger partial charge is 0.319 e. The van der Waals surface area contributed by atoms with Crippen molar-refractivity contribution >= 4 is 23.1 Å². The van der Waals surface area contributed by atoms with Gasteiger partial charge < -0.3 is 5.32 Å². The summed E-state index contributed by atoms with van der Waals surface area (Å²) in [4.78, 5) is 38.3. The van der Waals surface area contributed by atoms with E-state index in [-0.39, 0.29) is 29.0 Å². The molecule has 1 aliphatic heterocycles. The molecule has 0 saturated carbocycles. The lowest BCUT2D eigenvalue weighted by Crippen LogP contribution is -2.47. The van der Waals surface area contributed by atoms with Gasteiger partial charge in [-0.3, -0.25) is 24.6 Å². The van der Waals surface area contributed by atoms with Crippen LogP contribution in [0.25, 0.3) is 0 Å². The molecule has 170 valence electrons. The zero-order valence-electron chi connectivity index (χ0n) is 18.9. The summed E-state index contributed by atoms with van der Waals surface area (Å²) < 4.78 is 0. The molecule has 1 N–H and O–H groups in total. The SMILES string of the molecule is CC(C)Cc1ccc(C(=O)C2CCN(C(C)C(=O)Nc3ccccc3[N+](=O)[O-])CC2)cc1. The van der Waals surface area contributed by atoms with Crippen molar-refractivity contribution in [2.24, 2.45) is 11.8 Å². The lowest BCUT2D eigenvalue weighted by Gasteiger charge is -2.34. The predicted molar refractivity (Wildman–Crippen MR) is 125 cm³/mol. The number of carbonyl (C=O) groups excluding carboxylic acids is 2. The summed E-state index contributed by atoms with van der Waals surface area (Å²) in [6, 6.07) is 13.6. The van der Waals surface area contributed by atoms with Crippen molar-refractivity contribution in [2.75, 3.05) is 18.4 Å². The van der Waals surface area contributed by atoms with E-state index in [4.69, 9.17) is 0 Å². The third-order valence-electron chi connectivity index (χ3n) is 6.07. The van der Waals surface area contributed by atoms with Crippen molar-refractivity contribution < 1.29 is 14.5 Å². The number of amides is 1. The topological polar surface area (TPSA) is 92.6 Å². The number of anilines is 1. The quantitative estimate of drug-likeness (QED) is 0.367. The van der Waals surface area contributed by atoms with Gasteiger partial charge in [-0.05, 0) is 56.8 Å². The lowest BCUT2D eigenvalue weighted by atomic mass is 9.88. The van der Waals surface area contributed by atoms with Gasteiger partial charge in [0.15, 0.2) is 5.78 Å². The molecule has 2 aromatic rings. The minimum atomic E-state index is -0.507. The second-order valence-corrected chi connectivity index (χ2v) is 8.91. The van der Waals surface area contributed by atoms with Crippen LogP contribution in [0.4, 0.5) is 11.4 Å². The first-order valence-electron chi connectivity index (χ1n) is 11.2. The van der Waals surface area contributed by atoms with Crippen LogP contribution in [0.2, 0.25) is 0 Å². The first kappa shape index (κ1) is 23.6. The first-order chi connectivity index (χ1) is 15.3. The molecule has 1 atom stereocenters. The third kappa shape index (κ3) is 5.79. The average Bonchev–Trinajstić information content (AvgIpc) is 2.78. The Morgan fingerprint density at radius 1 is 1.06 bits per heavy atom. The van der Waals surface area contributed by atoms with Crippen molar-refractivity contribution in [2.45, 2.75) is 46.1 Å². The van der Waals surface area contributed by atoms with Gasteiger partial charge in [0.05, 0.1) is 11.0 Å². The van der Waals surface area contributed by atoms with Gasteiger partial charge in [-0.15, -0.1) is 0 Å². The van der Waals surface area contributed by atoms with E-state index in [1.54, 1.807) is 19.1 Å². The zero-order valence-corrected chi connectivity index (χ0v) is 18.9. The van der Waals surface area contributed by atoms with Crippen LogP contribution < -0.4 is 5.32 Å². The number of nitrogens with one attached hydrogen (secondary N) is 1. The summed E-state index contributed by atoms with van der Waals surface area (Å²) in [6.45, 7) is 7.41. The monoisotopic (exact) mass is 437 g/mol. The van der Waals surface area contributed by atoms with Crippen LogP contribution >= 0.6 is 0 Å². The predicted octanol–water partition coefficient (Wildman–Crippen LogP) is 4.72. The van der Waals surface area contributed by atoms with Gasteiger partial charge in [0, 0.05) is 17.5 Å². The summed E-state index contributed by atoms with van der Waals surface area (Å²) in [5.41, 5.74) is 2.06. The number of nitrogens with zero attached hydrogens (tertiary/aromatic N) is 2. The molecule has 0 radical (unpaired) electrons. The minimum absolute atomic E-state index is 0.0485. The number of ketones is 1. The molecule has 1 heterocycles. The molecular weight excluding hydrogens is 406 g/mol. The Morgan fingerprint density at radius 3 is 2.28 bits per heavy atom. The molecule has 1 saturated heterocycles. The maximum atomic E-state index is 12.9. The third-order valence-corrected chi connectivity index (χ3v) is 6.07.